The molecule has 2 bridgehead atoms. The van der Waals surface area contributed by atoms with Gasteiger partial charge in [-0.1, -0.05) is 133 Å². The summed E-state index contributed by atoms with van der Waals surface area (Å²) in [7, 11) is -4.95. The molecule has 0 aromatic heterocycles. The van der Waals surface area contributed by atoms with E-state index in [2.05, 4.69) is 68.7 Å². The molecule has 0 spiro atoms. The van der Waals surface area contributed by atoms with Gasteiger partial charge in [-0.3, -0.25) is 28.8 Å². The molecule has 9 rings (SSSR count). The van der Waals surface area contributed by atoms with Crippen molar-refractivity contribution in [1.82, 2.24) is 20.4 Å². The van der Waals surface area contributed by atoms with Gasteiger partial charge in [0.2, 0.25) is 35.4 Å². The Balaban J connectivity index is 0.950. The van der Waals surface area contributed by atoms with Gasteiger partial charge in [-0.25, -0.2) is 4.79 Å². The summed E-state index contributed by atoms with van der Waals surface area (Å²) in [5.74, 6) is -1.47. The Kier molecular flexibility index (Phi) is 28.5. The van der Waals surface area contributed by atoms with E-state index in [1.165, 1.54) is 34.8 Å². The first-order chi connectivity index (χ1) is 47.1. The SMILES string of the molecule is CCCCCCCCC(=O)Nc1ccc2c(c1)C1(CCC(=O)NCCOCCOCCN3C(=O)C4C[C@H](N=[N+]=[N-])CN4C(=O)C3Cc3ccc(S(=O)(=O)F)cc3)c3cc(NC(=O)CCCCCCCC)ccc3C2c2ccc(NC(=O)CCCCCCCNC(=O)OC(C)(C)C)cc21. The first-order valence-electron chi connectivity index (χ1n) is 35.5. The van der Waals surface area contributed by atoms with Crippen molar-refractivity contribution in [2.24, 2.45) is 5.11 Å². The van der Waals surface area contributed by atoms with Crippen molar-refractivity contribution in [3.05, 3.63) is 128 Å². The summed E-state index contributed by atoms with van der Waals surface area (Å²) in [6.07, 6.45) is 17.8. The van der Waals surface area contributed by atoms with Crippen LogP contribution in [-0.2, 0) is 65.0 Å². The predicted molar refractivity (Wildman–Crippen MR) is 375 cm³/mol. The Morgan fingerprint density at radius 3 is 1.59 bits per heavy atom. The average Bonchev–Trinajstić information content (AvgIpc) is 0.920. The van der Waals surface area contributed by atoms with Crippen LogP contribution in [0.2, 0.25) is 0 Å². The number of nitrogens with zero attached hydrogens (tertiary/aromatic N) is 5. The van der Waals surface area contributed by atoms with Crippen LogP contribution < -0.4 is 26.6 Å². The van der Waals surface area contributed by atoms with E-state index in [9.17, 15) is 45.9 Å². The molecule has 2 heterocycles. The summed E-state index contributed by atoms with van der Waals surface area (Å²) >= 11 is 0. The fraction of sp³-hybridized carbons (Fsp3) is 0.581. The molecule has 532 valence electrons. The Hall–Kier alpha value is -7.92. The van der Waals surface area contributed by atoms with Crippen molar-refractivity contribution in [2.45, 2.75) is 229 Å². The molecule has 3 atom stereocenters. The molecule has 24 heteroatoms. The highest BCUT2D eigenvalue weighted by molar-refractivity contribution is 7.86. The van der Waals surface area contributed by atoms with Gasteiger partial charge in [-0.2, -0.15) is 8.42 Å². The lowest BCUT2D eigenvalue weighted by atomic mass is 9.51. The smallest absolute Gasteiger partial charge is 0.407 e. The fourth-order valence-corrected chi connectivity index (χ4v) is 14.5. The highest BCUT2D eigenvalue weighted by atomic mass is 32.3. The van der Waals surface area contributed by atoms with E-state index in [0.717, 1.165) is 135 Å². The van der Waals surface area contributed by atoms with E-state index in [4.69, 9.17) is 19.7 Å². The number of carbonyl (C=O) groups excluding carboxylic acids is 7. The number of unbranched alkanes of at least 4 members (excludes halogenated alkanes) is 14. The second-order valence-electron chi connectivity index (χ2n) is 27.4. The van der Waals surface area contributed by atoms with Crippen LogP contribution in [-0.4, -0.2) is 136 Å². The molecule has 2 saturated heterocycles. The quantitative estimate of drug-likeness (QED) is 0.00911. The van der Waals surface area contributed by atoms with Crippen molar-refractivity contribution >= 4 is 68.8 Å². The molecule has 0 radical (unpaired) electrons. The third kappa shape index (κ3) is 21.1. The van der Waals surface area contributed by atoms with Crippen LogP contribution in [0, 0.1) is 0 Å². The van der Waals surface area contributed by atoms with E-state index in [1.807, 2.05) is 57.2 Å². The van der Waals surface area contributed by atoms with Gasteiger partial charge in [0.25, 0.3) is 0 Å². The third-order valence-corrected chi connectivity index (χ3v) is 19.7. The molecule has 0 saturated carbocycles. The average molecular weight is 1370 g/mol. The lowest BCUT2D eigenvalue weighted by Crippen LogP contribution is -2.63. The molecular formula is C74H101FN10O12S. The van der Waals surface area contributed by atoms with Crippen LogP contribution in [0.25, 0.3) is 10.4 Å². The Labute approximate surface area is 577 Å². The van der Waals surface area contributed by atoms with E-state index >= 15 is 0 Å². The molecule has 4 aromatic rings. The van der Waals surface area contributed by atoms with Crippen molar-refractivity contribution in [1.29, 1.82) is 0 Å². The highest BCUT2D eigenvalue weighted by Gasteiger charge is 2.53. The maximum Gasteiger partial charge on any atom is 0.407 e. The zero-order valence-electron chi connectivity index (χ0n) is 57.9. The second-order valence-corrected chi connectivity index (χ2v) is 28.7. The molecule has 2 unspecified atom stereocenters. The number of hydrogen-bond donors (Lipinski definition) is 5. The van der Waals surface area contributed by atoms with Gasteiger partial charge in [0.15, 0.2) is 0 Å². The summed E-state index contributed by atoms with van der Waals surface area (Å²) in [5, 5.41) is 19.2. The number of ether oxygens (including phenoxy) is 3. The summed E-state index contributed by atoms with van der Waals surface area (Å²) < 4.78 is 53.8. The summed E-state index contributed by atoms with van der Waals surface area (Å²) in [6.45, 7) is 11.0. The molecule has 4 aromatic carbocycles. The van der Waals surface area contributed by atoms with Gasteiger partial charge in [-0.05, 0) is 152 Å². The first-order valence-corrected chi connectivity index (χ1v) is 36.9. The maximum absolute atomic E-state index is 14.4. The monoisotopic (exact) mass is 1370 g/mol. The van der Waals surface area contributed by atoms with Crippen molar-refractivity contribution in [3.8, 4) is 0 Å². The minimum atomic E-state index is -4.95. The molecule has 2 fully saturated rings. The number of halogens is 1. The molecule has 22 nitrogen and oxygen atoms in total. The molecule has 7 amide bonds. The van der Waals surface area contributed by atoms with Crippen molar-refractivity contribution in [3.63, 3.8) is 0 Å². The van der Waals surface area contributed by atoms with Crippen LogP contribution in [0.1, 0.15) is 227 Å². The highest BCUT2D eigenvalue weighted by Crippen LogP contribution is 2.62. The standard InChI is InChI=1S/C74H101FN10O12S/c1-6-8-10-12-15-19-23-66(87)79-52-28-33-57-60(46-52)74(37-36-65(86)77-39-41-95-43-44-96-42-40-84-63(45-51-26-31-56(32-27-51)98(75,93)94)71(91)85-50-55(82-83-76)49-64(85)70(84)90)61-47-53(80-67(88)24-20-16-13-11-9-7-2)29-34-58(61)69(57)59-35-30-54(48-62(59)74)81-68(89)25-21-17-14-18-22-38-78-72(92)97-73(3,4)5/h26-35,46-48,55,63-64,69H,6-25,36-45,49-50H2,1-5H3,(H,77,86)(H,78,92)(H,79,87)(H,80,88)(H,81,89)/t55-,63?,64?,69?,74?/m0/s1. The zero-order valence-corrected chi connectivity index (χ0v) is 58.7. The van der Waals surface area contributed by atoms with Crippen molar-refractivity contribution in [2.75, 3.05) is 68.6 Å². The lowest BCUT2D eigenvalue weighted by Gasteiger charge is -2.51. The fourth-order valence-electron chi connectivity index (χ4n) is 14.1. The number of fused-ring (bicyclic) bond motifs is 1. The minimum absolute atomic E-state index is 0.0148. The summed E-state index contributed by atoms with van der Waals surface area (Å²) in [5.41, 5.74) is 15.8. The van der Waals surface area contributed by atoms with Crippen LogP contribution in [0.3, 0.4) is 0 Å². The normalized spacial score (nSPS) is 18.2. The van der Waals surface area contributed by atoms with Crippen LogP contribution in [0.15, 0.2) is 88.9 Å². The number of anilines is 3. The molecule has 98 heavy (non-hydrogen) atoms. The molecule has 3 aliphatic carbocycles. The first kappa shape index (κ1) is 75.8. The van der Waals surface area contributed by atoms with E-state index in [0.29, 0.717) is 54.9 Å². The number of amides is 7. The van der Waals surface area contributed by atoms with E-state index < -0.39 is 50.4 Å². The van der Waals surface area contributed by atoms with E-state index in [1.54, 1.807) is 0 Å². The number of azide groups is 1. The Morgan fingerprint density at radius 1 is 0.612 bits per heavy atom. The number of benzene rings is 4. The molecule has 2 aliphatic heterocycles. The third-order valence-electron chi connectivity index (χ3n) is 18.9. The van der Waals surface area contributed by atoms with Gasteiger partial charge < -0.3 is 50.6 Å². The molecule has 5 N–H and O–H groups in total. The van der Waals surface area contributed by atoms with Crippen LogP contribution in [0.5, 0.6) is 0 Å². The van der Waals surface area contributed by atoms with Crippen molar-refractivity contribution < 1.29 is 60.1 Å². The van der Waals surface area contributed by atoms with Gasteiger partial charge >= 0.3 is 16.3 Å². The molecule has 5 aliphatic rings. The second kappa shape index (κ2) is 36.8. The van der Waals surface area contributed by atoms with E-state index in [-0.39, 0.29) is 113 Å². The van der Waals surface area contributed by atoms with Gasteiger partial charge in [-0.15, -0.1) is 3.89 Å². The van der Waals surface area contributed by atoms with Gasteiger partial charge in [0.05, 0.1) is 37.4 Å². The number of hydrogen-bond acceptors (Lipinski definition) is 13. The zero-order chi connectivity index (χ0) is 70.2. The number of carbonyl (C=O) groups is 7. The number of rotatable bonds is 41. The lowest BCUT2D eigenvalue weighted by molar-refractivity contribution is -0.160. The Bertz CT molecular complexity index is 3500. The number of piperazine rings is 1. The Morgan fingerprint density at radius 2 is 1.10 bits per heavy atom. The van der Waals surface area contributed by atoms with Crippen LogP contribution in [0.4, 0.5) is 25.7 Å². The van der Waals surface area contributed by atoms with Gasteiger partial charge in [0.1, 0.15) is 17.7 Å². The largest absolute Gasteiger partial charge is 0.444 e. The van der Waals surface area contributed by atoms with Gasteiger partial charge in [0, 0.05) is 91.6 Å². The molecular weight excluding hydrogens is 1270 g/mol. The predicted octanol–water partition coefficient (Wildman–Crippen LogP) is 13.3. The van der Waals surface area contributed by atoms with Crippen LogP contribution >= 0.6 is 0 Å². The summed E-state index contributed by atoms with van der Waals surface area (Å²) in [6, 6.07) is 20.8. The minimum Gasteiger partial charge on any atom is -0.444 e. The topological polar surface area (TPSA) is 297 Å². The summed E-state index contributed by atoms with van der Waals surface area (Å²) in [4.78, 5) is 101. The number of nitrogens with one attached hydrogen (secondary N) is 5. The number of alkyl carbamates (subject to hydrolysis) is 1. The maximum atomic E-state index is 14.4.